The van der Waals surface area contributed by atoms with E-state index < -0.39 is 0 Å². The summed E-state index contributed by atoms with van der Waals surface area (Å²) in [6.07, 6.45) is 9.21. The van der Waals surface area contributed by atoms with Gasteiger partial charge in [0.15, 0.2) is 0 Å². The molecule has 9 heavy (non-hydrogen) atoms. The van der Waals surface area contributed by atoms with E-state index in [-0.39, 0.29) is 0 Å². The first kappa shape index (κ1) is 6.35. The molecule has 0 aliphatic heterocycles. The maximum atomic E-state index is 11.3. The van der Waals surface area contributed by atoms with Crippen LogP contribution in [0.5, 0.6) is 0 Å². The number of hydrogen-bond donors (Lipinski definition) is 0. The molecule has 0 amide bonds. The van der Waals surface area contributed by atoms with Crippen LogP contribution in [-0.4, -0.2) is 0 Å². The van der Waals surface area contributed by atoms with Gasteiger partial charge in [-0.1, -0.05) is 12.0 Å². The molecule has 47 valence electrons. The van der Waals surface area contributed by atoms with E-state index in [4.69, 9.17) is 0 Å². The lowest BCUT2D eigenvalue weighted by molar-refractivity contribution is 0.649. The maximum absolute atomic E-state index is 11.3. The molecular weight excluding hydrogens is 115 g/mol. The second-order valence-electron chi connectivity index (χ2n) is 2.14. The highest BCUT2D eigenvalue weighted by molar-refractivity contribution is 5.00. The lowest BCUT2D eigenvalue weighted by Crippen LogP contribution is -1.87. The second kappa shape index (κ2) is 3.29. The van der Waals surface area contributed by atoms with Gasteiger partial charge in [0.2, 0.25) is 0 Å². The van der Waals surface area contributed by atoms with Gasteiger partial charge in [0.05, 0.1) is 0 Å². The summed E-state index contributed by atoms with van der Waals surface area (Å²) >= 11 is 0. The number of halogens is 1. The van der Waals surface area contributed by atoms with E-state index in [0.717, 1.165) is 12.8 Å². The number of hydrogen-bond acceptors (Lipinski definition) is 0. The molecule has 1 unspecified atom stereocenters. The molecular formula is C8H8F. The molecule has 0 aromatic rings. The largest absolute Gasteiger partial charge is 0.144 e. The summed E-state index contributed by atoms with van der Waals surface area (Å²) in [4.78, 5) is 0. The van der Waals surface area contributed by atoms with Crippen molar-refractivity contribution in [2.45, 2.75) is 19.3 Å². The monoisotopic (exact) mass is 123 g/mol. The van der Waals surface area contributed by atoms with E-state index >= 15 is 0 Å². The standard InChI is InChI=1S/C8H8F/c9-7-3-6-8-4-1-2-5-8/h5,8H,1,4,6H2. The van der Waals surface area contributed by atoms with Crippen LogP contribution < -0.4 is 0 Å². The van der Waals surface area contributed by atoms with Crippen LogP contribution >= 0.6 is 0 Å². The molecule has 0 nitrogen and oxygen atoms in total. The van der Waals surface area contributed by atoms with Crippen molar-refractivity contribution in [3.05, 3.63) is 12.2 Å². The van der Waals surface area contributed by atoms with E-state index in [9.17, 15) is 4.39 Å². The lowest BCUT2D eigenvalue weighted by atomic mass is 10.1. The van der Waals surface area contributed by atoms with Crippen molar-refractivity contribution in [3.8, 4) is 12.1 Å². The van der Waals surface area contributed by atoms with Crippen LogP contribution in [-0.2, 0) is 0 Å². The maximum Gasteiger partial charge on any atom is 0.105 e. The molecule has 0 saturated heterocycles. The molecule has 0 heterocycles. The first-order valence-electron chi connectivity index (χ1n) is 3.08. The fraction of sp³-hybridized carbons (Fsp3) is 0.500. The van der Waals surface area contributed by atoms with Crippen molar-refractivity contribution in [3.63, 3.8) is 0 Å². The fourth-order valence-corrected chi connectivity index (χ4v) is 0.933. The van der Waals surface area contributed by atoms with Gasteiger partial charge in [0, 0.05) is 6.42 Å². The smallest absolute Gasteiger partial charge is 0.105 e. The van der Waals surface area contributed by atoms with E-state index in [2.05, 4.69) is 12.0 Å². The van der Waals surface area contributed by atoms with Crippen LogP contribution in [0.15, 0.2) is 6.08 Å². The summed E-state index contributed by atoms with van der Waals surface area (Å²) in [5.74, 6) is 2.87. The minimum absolute atomic E-state index is 0.466. The summed E-state index contributed by atoms with van der Waals surface area (Å²) in [7, 11) is 0. The first-order valence-corrected chi connectivity index (χ1v) is 3.08. The van der Waals surface area contributed by atoms with E-state index in [0.29, 0.717) is 12.3 Å². The molecule has 1 aliphatic rings. The van der Waals surface area contributed by atoms with Crippen molar-refractivity contribution in [2.75, 3.05) is 0 Å². The first-order chi connectivity index (χ1) is 4.43. The average Bonchev–Trinajstić information content (AvgIpc) is 2.34. The zero-order valence-electron chi connectivity index (χ0n) is 5.15. The number of allylic oxidation sites excluding steroid dienone is 2. The third-order valence-corrected chi connectivity index (χ3v) is 1.44. The van der Waals surface area contributed by atoms with E-state index in [1.54, 1.807) is 0 Å². The quantitative estimate of drug-likeness (QED) is 0.468. The summed E-state index contributed by atoms with van der Waals surface area (Å²) in [6, 6.07) is 0. The molecule has 1 rings (SSSR count). The molecule has 1 radical (unpaired) electrons. The molecule has 0 N–H and O–H groups in total. The van der Waals surface area contributed by atoms with Gasteiger partial charge in [-0.3, -0.25) is 0 Å². The fourth-order valence-electron chi connectivity index (χ4n) is 0.933. The van der Waals surface area contributed by atoms with Crippen LogP contribution in [0.25, 0.3) is 0 Å². The van der Waals surface area contributed by atoms with Crippen molar-refractivity contribution >= 4 is 0 Å². The Morgan fingerprint density at radius 3 is 3.22 bits per heavy atom. The normalized spacial score (nSPS) is 23.4. The molecule has 1 aliphatic carbocycles. The number of rotatable bonds is 1. The molecule has 0 fully saturated rings. The van der Waals surface area contributed by atoms with Gasteiger partial charge in [0.1, 0.15) is 6.17 Å². The Labute approximate surface area is 54.8 Å². The Hall–Kier alpha value is -0.770. The van der Waals surface area contributed by atoms with Gasteiger partial charge < -0.3 is 0 Å². The molecule has 0 aromatic carbocycles. The molecule has 0 spiro atoms. The van der Waals surface area contributed by atoms with Gasteiger partial charge in [0.25, 0.3) is 0 Å². The van der Waals surface area contributed by atoms with Crippen LogP contribution in [0.2, 0.25) is 0 Å². The van der Waals surface area contributed by atoms with E-state index in [1.165, 1.54) is 6.17 Å². The Morgan fingerprint density at radius 1 is 1.78 bits per heavy atom. The predicted octanol–water partition coefficient (Wildman–Crippen LogP) is 2.08. The summed E-state index contributed by atoms with van der Waals surface area (Å²) in [5.41, 5.74) is 0. The Morgan fingerprint density at radius 2 is 2.67 bits per heavy atom. The van der Waals surface area contributed by atoms with Crippen LogP contribution in [0.1, 0.15) is 19.3 Å². The van der Waals surface area contributed by atoms with Gasteiger partial charge in [-0.15, -0.1) is 4.39 Å². The third kappa shape index (κ3) is 1.89. The summed E-state index contributed by atoms with van der Waals surface area (Å²) in [5, 5.41) is 0. The van der Waals surface area contributed by atoms with Crippen molar-refractivity contribution < 1.29 is 4.39 Å². The minimum atomic E-state index is 0.466. The van der Waals surface area contributed by atoms with Gasteiger partial charge in [-0.25, -0.2) is 0 Å². The van der Waals surface area contributed by atoms with Crippen LogP contribution in [0.3, 0.4) is 0 Å². The Kier molecular flexibility index (Phi) is 2.32. The molecule has 0 saturated carbocycles. The van der Waals surface area contributed by atoms with Crippen molar-refractivity contribution in [2.24, 2.45) is 5.92 Å². The summed E-state index contributed by atoms with van der Waals surface area (Å²) < 4.78 is 11.3. The Balaban J connectivity index is 2.25. The van der Waals surface area contributed by atoms with Gasteiger partial charge >= 0.3 is 0 Å². The lowest BCUT2D eigenvalue weighted by Gasteiger charge is -1.97. The average molecular weight is 123 g/mol. The second-order valence-corrected chi connectivity index (χ2v) is 2.14. The van der Waals surface area contributed by atoms with Crippen molar-refractivity contribution in [1.82, 2.24) is 0 Å². The minimum Gasteiger partial charge on any atom is -0.144 e. The highest BCUT2D eigenvalue weighted by atomic mass is 19.1. The SMILES string of the molecule is FC#CCC1C=[C]CC1. The van der Waals surface area contributed by atoms with Gasteiger partial charge in [-0.2, -0.15) is 0 Å². The third-order valence-electron chi connectivity index (χ3n) is 1.44. The van der Waals surface area contributed by atoms with E-state index in [1.807, 2.05) is 6.08 Å². The zero-order chi connectivity index (χ0) is 6.53. The topological polar surface area (TPSA) is 0 Å². The summed E-state index contributed by atoms with van der Waals surface area (Å²) in [6.45, 7) is 0. The Bertz CT molecular complexity index is 159. The van der Waals surface area contributed by atoms with Crippen molar-refractivity contribution in [1.29, 1.82) is 0 Å². The highest BCUT2D eigenvalue weighted by Crippen LogP contribution is 2.18. The molecule has 1 atom stereocenters. The van der Waals surface area contributed by atoms with Crippen LogP contribution in [0.4, 0.5) is 4.39 Å². The predicted molar refractivity (Wildman–Crippen MR) is 34.0 cm³/mol. The highest BCUT2D eigenvalue weighted by Gasteiger charge is 2.06. The van der Waals surface area contributed by atoms with Crippen LogP contribution in [0, 0.1) is 24.1 Å². The van der Waals surface area contributed by atoms with Gasteiger partial charge in [-0.05, 0) is 24.8 Å². The molecule has 0 aromatic heterocycles. The molecule has 0 bridgehead atoms. The molecule has 1 heteroatoms. The zero-order valence-corrected chi connectivity index (χ0v) is 5.15.